The van der Waals surface area contributed by atoms with Crippen LogP contribution in [0.2, 0.25) is 0 Å². The average Bonchev–Trinajstić information content (AvgIpc) is 2.86. The standard InChI is InChI=1S/C30H33N3O7/c1-32(2)13-14-5-7-15(8-6-14)17-9-10-20(34)22-18(17)11-16-12-19-24(33(3)4)26(36)23(29(31)39)28(38)30(19,40)27(37)21(16)25(22)35/h5-10,16,19,24,34-35,38,40H,11-13H2,1-4H3,(H2,31,39). The molecule has 0 heterocycles. The summed E-state index contributed by atoms with van der Waals surface area (Å²) in [5.74, 6) is -6.64. The largest absolute Gasteiger partial charge is 0.508 e. The number of ketones is 2. The molecule has 1 saturated carbocycles. The number of phenolic OH excluding ortho intramolecular Hbond substituents is 1. The van der Waals surface area contributed by atoms with Gasteiger partial charge >= 0.3 is 0 Å². The van der Waals surface area contributed by atoms with E-state index in [1.807, 2.05) is 38.4 Å². The van der Waals surface area contributed by atoms with Gasteiger partial charge in [0.15, 0.2) is 11.4 Å². The van der Waals surface area contributed by atoms with Crippen molar-refractivity contribution in [3.05, 3.63) is 70.0 Å². The number of primary amides is 1. The Labute approximate surface area is 231 Å². The van der Waals surface area contributed by atoms with Crippen LogP contribution in [-0.4, -0.2) is 87.5 Å². The van der Waals surface area contributed by atoms with Crippen LogP contribution in [0.3, 0.4) is 0 Å². The molecule has 3 aliphatic carbocycles. The summed E-state index contributed by atoms with van der Waals surface area (Å²) in [6, 6.07) is 10.0. The molecule has 6 N–H and O–H groups in total. The van der Waals surface area contributed by atoms with Crippen molar-refractivity contribution in [2.24, 2.45) is 17.6 Å². The van der Waals surface area contributed by atoms with E-state index in [2.05, 4.69) is 4.90 Å². The zero-order valence-corrected chi connectivity index (χ0v) is 22.8. The average molecular weight is 548 g/mol. The van der Waals surface area contributed by atoms with Crippen molar-refractivity contribution in [2.45, 2.75) is 31.0 Å². The minimum absolute atomic E-state index is 0.0443. The normalized spacial score (nSPS) is 26.2. The first-order valence-corrected chi connectivity index (χ1v) is 13.0. The molecule has 0 saturated heterocycles. The van der Waals surface area contributed by atoms with Crippen LogP contribution < -0.4 is 5.73 Å². The predicted molar refractivity (Wildman–Crippen MR) is 147 cm³/mol. The molecule has 1 amide bonds. The molecule has 40 heavy (non-hydrogen) atoms. The second-order valence-electron chi connectivity index (χ2n) is 11.4. The third-order valence-corrected chi connectivity index (χ3v) is 8.37. The summed E-state index contributed by atoms with van der Waals surface area (Å²) in [5, 5.41) is 44.9. The summed E-state index contributed by atoms with van der Waals surface area (Å²) in [6.07, 6.45) is 0.278. The molecule has 10 nitrogen and oxygen atoms in total. The molecule has 2 aromatic carbocycles. The van der Waals surface area contributed by atoms with E-state index in [1.165, 1.54) is 11.0 Å². The fraction of sp³-hybridized carbons (Fsp3) is 0.367. The van der Waals surface area contributed by atoms with Gasteiger partial charge in [-0.25, -0.2) is 0 Å². The Morgan fingerprint density at radius 3 is 2.25 bits per heavy atom. The van der Waals surface area contributed by atoms with Gasteiger partial charge in [0, 0.05) is 18.0 Å². The van der Waals surface area contributed by atoms with Crippen LogP contribution in [0, 0.1) is 11.8 Å². The van der Waals surface area contributed by atoms with E-state index in [1.54, 1.807) is 20.2 Å². The number of benzene rings is 2. The number of fused-ring (bicyclic) bond motifs is 3. The first-order chi connectivity index (χ1) is 18.8. The van der Waals surface area contributed by atoms with Gasteiger partial charge in [-0.15, -0.1) is 0 Å². The summed E-state index contributed by atoms with van der Waals surface area (Å²) in [7, 11) is 7.11. The number of amides is 1. The summed E-state index contributed by atoms with van der Waals surface area (Å²) in [5.41, 5.74) is 5.17. The van der Waals surface area contributed by atoms with Gasteiger partial charge in [-0.05, 0) is 75.3 Å². The lowest BCUT2D eigenvalue weighted by Crippen LogP contribution is -2.65. The van der Waals surface area contributed by atoms with Crippen LogP contribution in [0.4, 0.5) is 0 Å². The van der Waals surface area contributed by atoms with Gasteiger partial charge < -0.3 is 31.1 Å². The van der Waals surface area contributed by atoms with Crippen molar-refractivity contribution in [1.82, 2.24) is 9.80 Å². The van der Waals surface area contributed by atoms with Crippen molar-refractivity contribution < 1.29 is 34.8 Å². The van der Waals surface area contributed by atoms with Crippen molar-refractivity contribution in [3.63, 3.8) is 0 Å². The third kappa shape index (κ3) is 3.94. The van der Waals surface area contributed by atoms with Gasteiger partial charge in [-0.1, -0.05) is 30.3 Å². The molecular weight excluding hydrogens is 514 g/mol. The van der Waals surface area contributed by atoms with Crippen molar-refractivity contribution in [2.75, 3.05) is 28.2 Å². The maximum atomic E-state index is 14.0. The van der Waals surface area contributed by atoms with Gasteiger partial charge in [0.05, 0.1) is 11.6 Å². The van der Waals surface area contributed by atoms with Crippen LogP contribution in [0.1, 0.15) is 23.1 Å². The fourth-order valence-electron chi connectivity index (χ4n) is 6.67. The van der Waals surface area contributed by atoms with Gasteiger partial charge in [0.25, 0.3) is 5.91 Å². The Morgan fingerprint density at radius 1 is 1.02 bits per heavy atom. The summed E-state index contributed by atoms with van der Waals surface area (Å²) in [6.45, 7) is 0.764. The molecule has 5 rings (SSSR count). The van der Waals surface area contributed by atoms with E-state index in [0.717, 1.165) is 23.2 Å². The lowest BCUT2D eigenvalue weighted by Gasteiger charge is -2.50. The highest BCUT2D eigenvalue weighted by Crippen LogP contribution is 2.53. The molecule has 0 aliphatic heterocycles. The smallest absolute Gasteiger partial charge is 0.255 e. The number of carbonyl (C=O) groups excluding carboxylic acids is 3. The van der Waals surface area contributed by atoms with Crippen LogP contribution in [0.15, 0.2) is 53.3 Å². The Morgan fingerprint density at radius 2 is 1.68 bits per heavy atom. The van der Waals surface area contributed by atoms with Gasteiger partial charge in [0.2, 0.25) is 5.78 Å². The molecule has 0 bridgehead atoms. The number of Topliss-reactive ketones (excluding diaryl/α,β-unsaturated/α-hetero) is 2. The Kier molecular flexibility index (Phi) is 6.60. The van der Waals surface area contributed by atoms with Gasteiger partial charge in [-0.2, -0.15) is 0 Å². The highest BCUT2D eigenvalue weighted by atomic mass is 16.3. The molecule has 4 atom stereocenters. The number of hydrogen-bond acceptors (Lipinski definition) is 9. The lowest BCUT2D eigenvalue weighted by molar-refractivity contribution is -0.153. The number of nitrogens with two attached hydrogens (primary N) is 1. The maximum Gasteiger partial charge on any atom is 0.255 e. The Balaban J connectivity index is 1.67. The number of hydrogen-bond donors (Lipinski definition) is 5. The number of likely N-dealkylation sites (N-methyl/N-ethyl adjacent to an activating group) is 1. The molecule has 210 valence electrons. The monoisotopic (exact) mass is 547 g/mol. The highest BCUT2D eigenvalue weighted by Gasteiger charge is 2.64. The van der Waals surface area contributed by atoms with E-state index in [4.69, 9.17) is 5.73 Å². The number of aromatic hydroxyl groups is 1. The number of rotatable bonds is 5. The fourth-order valence-corrected chi connectivity index (χ4v) is 6.67. The highest BCUT2D eigenvalue weighted by molar-refractivity contribution is 6.24. The molecular formula is C30H33N3O7. The predicted octanol–water partition coefficient (Wildman–Crippen LogP) is 1.69. The van der Waals surface area contributed by atoms with Gasteiger partial charge in [0.1, 0.15) is 22.8 Å². The second-order valence-corrected chi connectivity index (χ2v) is 11.4. The second kappa shape index (κ2) is 9.58. The van der Waals surface area contributed by atoms with E-state index in [-0.39, 0.29) is 29.7 Å². The molecule has 0 aromatic heterocycles. The number of carbonyl (C=O) groups is 3. The molecule has 2 aromatic rings. The number of aliphatic hydroxyl groups excluding tert-OH is 2. The molecule has 1 fully saturated rings. The SMILES string of the molecule is CN(C)Cc1ccc(-c2ccc(O)c3c2CC2CC4C(N(C)C)C(=O)C(C(N)=O)=C(O)C4(O)C(=O)C2=C3O)cc1. The minimum Gasteiger partial charge on any atom is -0.508 e. The van der Waals surface area contributed by atoms with Crippen LogP contribution >= 0.6 is 0 Å². The zero-order chi connectivity index (χ0) is 29.3. The number of nitrogens with zero attached hydrogens (tertiary/aromatic N) is 2. The Hall–Kier alpha value is -3.99. The molecule has 0 spiro atoms. The van der Waals surface area contributed by atoms with Crippen LogP contribution in [0.5, 0.6) is 5.75 Å². The van der Waals surface area contributed by atoms with Crippen molar-refractivity contribution in [1.29, 1.82) is 0 Å². The lowest BCUT2D eigenvalue weighted by atomic mass is 9.57. The summed E-state index contributed by atoms with van der Waals surface area (Å²) in [4.78, 5) is 42.8. The third-order valence-electron chi connectivity index (χ3n) is 8.37. The molecule has 10 heteroatoms. The maximum absolute atomic E-state index is 14.0. The first kappa shape index (κ1) is 27.6. The molecule has 0 radical (unpaired) electrons. The van der Waals surface area contributed by atoms with Crippen molar-refractivity contribution >= 4 is 23.2 Å². The number of aliphatic hydroxyl groups is 3. The summed E-state index contributed by atoms with van der Waals surface area (Å²) < 4.78 is 0. The quantitative estimate of drug-likeness (QED) is 0.350. The zero-order valence-electron chi connectivity index (χ0n) is 22.8. The van der Waals surface area contributed by atoms with Crippen LogP contribution in [0.25, 0.3) is 16.9 Å². The Bertz CT molecular complexity index is 1510. The molecule has 3 aliphatic rings. The molecule has 4 unspecified atom stereocenters. The minimum atomic E-state index is -2.65. The van der Waals surface area contributed by atoms with E-state index in [0.29, 0.717) is 5.56 Å². The van der Waals surface area contributed by atoms with Gasteiger partial charge in [-0.3, -0.25) is 19.3 Å². The topological polar surface area (TPSA) is 165 Å². The number of phenols is 1. The van der Waals surface area contributed by atoms with E-state index >= 15 is 0 Å². The summed E-state index contributed by atoms with van der Waals surface area (Å²) >= 11 is 0. The van der Waals surface area contributed by atoms with Crippen LogP contribution in [-0.2, 0) is 27.3 Å². The van der Waals surface area contributed by atoms with Crippen molar-refractivity contribution in [3.8, 4) is 16.9 Å². The first-order valence-electron chi connectivity index (χ1n) is 13.0. The van der Waals surface area contributed by atoms with E-state index in [9.17, 15) is 34.8 Å². The van der Waals surface area contributed by atoms with E-state index < -0.39 is 58.0 Å².